The summed E-state index contributed by atoms with van der Waals surface area (Å²) in [5, 5.41) is 12.4. The smallest absolute Gasteiger partial charge is 0.416 e. The number of carbonyl (C=O) groups is 1. The minimum Gasteiger partial charge on any atom is -0.507 e. The molecule has 2 heterocycles. The molecule has 40 heavy (non-hydrogen) atoms. The van der Waals surface area contributed by atoms with E-state index in [0.717, 1.165) is 34.6 Å². The number of carbonyl (C=O) groups excluding carboxylic acids is 1. The number of phenolic OH excluding ortho intramolecular Hbond substituents is 1. The molecule has 0 aliphatic heterocycles. The van der Waals surface area contributed by atoms with Crippen LogP contribution >= 0.6 is 0 Å². The number of pyridine rings is 1. The Balaban J connectivity index is 1.51. The number of amides is 1. The van der Waals surface area contributed by atoms with E-state index in [1.807, 2.05) is 0 Å². The molecule has 1 amide bonds. The molecule has 0 spiro atoms. The highest BCUT2D eigenvalue weighted by molar-refractivity contribution is 7.89. The van der Waals surface area contributed by atoms with Gasteiger partial charge in [-0.05, 0) is 61.0 Å². The number of terminal acetylenes is 1. The van der Waals surface area contributed by atoms with E-state index in [1.165, 1.54) is 31.3 Å². The Kier molecular flexibility index (Phi) is 7.86. The van der Waals surface area contributed by atoms with Crippen LogP contribution in [0.15, 0.2) is 70.3 Å². The third-order valence-corrected chi connectivity index (χ3v) is 7.74. The van der Waals surface area contributed by atoms with Crippen LogP contribution in [0.2, 0.25) is 0 Å². The minimum absolute atomic E-state index is 0.0477. The average Bonchev–Trinajstić information content (AvgIpc) is 3.33. The predicted octanol–water partition coefficient (Wildman–Crippen LogP) is 4.69. The largest absolute Gasteiger partial charge is 0.507 e. The summed E-state index contributed by atoms with van der Waals surface area (Å²) in [5.74, 6) is 0.282. The lowest BCUT2D eigenvalue weighted by Gasteiger charge is -2.24. The Labute approximate surface area is 226 Å². The van der Waals surface area contributed by atoms with Gasteiger partial charge in [0.2, 0.25) is 11.0 Å². The number of rotatable bonds is 8. The molecule has 0 radical (unpaired) electrons. The van der Waals surface area contributed by atoms with Gasteiger partial charge in [0, 0.05) is 29.8 Å². The summed E-state index contributed by atoms with van der Waals surface area (Å²) in [4.78, 5) is 17.0. The number of fused-ring (bicyclic) bond motifs is 1. The highest BCUT2D eigenvalue weighted by atomic mass is 32.2. The molecule has 2 aromatic carbocycles. The fourth-order valence-electron chi connectivity index (χ4n) is 3.88. The molecule has 208 valence electrons. The number of furan rings is 1. The monoisotopic (exact) mass is 575 g/mol. The second-order valence-electron chi connectivity index (χ2n) is 8.67. The van der Waals surface area contributed by atoms with E-state index in [9.17, 15) is 35.9 Å². The van der Waals surface area contributed by atoms with Crippen LogP contribution in [0, 0.1) is 18.2 Å². The molecule has 0 saturated heterocycles. The third-order valence-electron chi connectivity index (χ3n) is 5.97. The molecule has 2 aromatic heterocycles. The fraction of sp³-hybridized carbons (Fsp3) is 0.185. The number of halogens is 4. The quantitative estimate of drug-likeness (QED) is 0.233. The third kappa shape index (κ3) is 5.93. The lowest BCUT2D eigenvalue weighted by atomic mass is 10.1. The number of benzene rings is 2. The van der Waals surface area contributed by atoms with Crippen molar-refractivity contribution in [3.63, 3.8) is 0 Å². The van der Waals surface area contributed by atoms with Crippen molar-refractivity contribution in [3.8, 4) is 29.4 Å². The van der Waals surface area contributed by atoms with Crippen molar-refractivity contribution < 1.29 is 40.3 Å². The van der Waals surface area contributed by atoms with Crippen molar-refractivity contribution in [2.75, 3.05) is 6.54 Å². The molecule has 0 saturated carbocycles. The van der Waals surface area contributed by atoms with Gasteiger partial charge in [0.25, 0.3) is 10.0 Å². The summed E-state index contributed by atoms with van der Waals surface area (Å²) in [6.45, 7) is 0.758. The van der Waals surface area contributed by atoms with E-state index in [4.69, 9.17) is 10.8 Å². The molecule has 8 nitrogen and oxygen atoms in total. The van der Waals surface area contributed by atoms with Crippen LogP contribution in [-0.4, -0.2) is 41.3 Å². The lowest BCUT2D eigenvalue weighted by molar-refractivity contribution is -0.137. The van der Waals surface area contributed by atoms with Crippen LogP contribution in [0.1, 0.15) is 18.1 Å². The number of nitrogens with one attached hydrogen (secondary N) is 1. The average molecular weight is 576 g/mol. The fourth-order valence-corrected chi connectivity index (χ4v) is 5.34. The Morgan fingerprint density at radius 1 is 1.18 bits per heavy atom. The summed E-state index contributed by atoms with van der Waals surface area (Å²) >= 11 is 0. The zero-order valence-corrected chi connectivity index (χ0v) is 21.6. The van der Waals surface area contributed by atoms with Crippen LogP contribution in [0.4, 0.5) is 17.6 Å². The molecule has 2 N–H and O–H groups in total. The van der Waals surface area contributed by atoms with Gasteiger partial charge in [0.05, 0.1) is 17.8 Å². The van der Waals surface area contributed by atoms with Crippen LogP contribution < -0.4 is 5.32 Å². The summed E-state index contributed by atoms with van der Waals surface area (Å²) < 4.78 is 85.0. The summed E-state index contributed by atoms with van der Waals surface area (Å²) in [5.41, 5.74) is -0.219. The predicted molar refractivity (Wildman–Crippen MR) is 137 cm³/mol. The van der Waals surface area contributed by atoms with Gasteiger partial charge >= 0.3 is 6.18 Å². The van der Waals surface area contributed by atoms with Gasteiger partial charge in [-0.1, -0.05) is 5.92 Å². The number of aromatic hydroxyl groups is 1. The first-order chi connectivity index (χ1) is 18.8. The number of hydrogen-bond acceptors (Lipinski definition) is 6. The number of phenols is 1. The Morgan fingerprint density at radius 2 is 1.93 bits per heavy atom. The Hall–Kier alpha value is -4.41. The Bertz CT molecular complexity index is 1730. The van der Waals surface area contributed by atoms with Crippen molar-refractivity contribution in [3.05, 3.63) is 77.7 Å². The SMILES string of the molecule is C#CCN([C@@H](C)C(=O)NCc1ccnc(-c2ccc(C(F)(F)F)cc2O)c1)S(=O)(=O)c1cc2cc(F)ccc2o1. The highest BCUT2D eigenvalue weighted by Gasteiger charge is 2.35. The van der Waals surface area contributed by atoms with Gasteiger partial charge < -0.3 is 14.8 Å². The van der Waals surface area contributed by atoms with Crippen LogP contribution in [-0.2, 0) is 27.5 Å². The molecule has 1 atom stereocenters. The molecule has 0 bridgehead atoms. The number of nitrogens with zero attached hydrogens (tertiary/aromatic N) is 2. The first kappa shape index (κ1) is 28.6. The standard InChI is InChI=1S/C27H21F4N3O5S/c1-3-10-34(40(37,38)25-13-18-12-20(28)5-7-24(18)39-25)16(2)26(36)33-15-17-8-9-32-22(11-17)21-6-4-19(14-23(21)35)27(29,30)31/h1,4-9,11-14,16,35H,10,15H2,2H3,(H,33,36)/t16-/m0/s1. The van der Waals surface area contributed by atoms with Gasteiger partial charge in [-0.15, -0.1) is 6.42 Å². The maximum atomic E-state index is 13.5. The van der Waals surface area contributed by atoms with Gasteiger partial charge in [0.15, 0.2) is 0 Å². The zero-order valence-electron chi connectivity index (χ0n) is 20.7. The summed E-state index contributed by atoms with van der Waals surface area (Å²) in [6, 6.07) is 8.81. The maximum Gasteiger partial charge on any atom is 0.416 e. The molecule has 0 aliphatic carbocycles. The number of sulfonamides is 1. The van der Waals surface area contributed by atoms with Gasteiger partial charge in [-0.2, -0.15) is 17.5 Å². The molecule has 4 rings (SSSR count). The van der Waals surface area contributed by atoms with E-state index in [1.54, 1.807) is 0 Å². The Morgan fingerprint density at radius 3 is 2.60 bits per heavy atom. The second-order valence-corrected chi connectivity index (χ2v) is 10.5. The maximum absolute atomic E-state index is 13.5. The van der Waals surface area contributed by atoms with E-state index >= 15 is 0 Å². The van der Waals surface area contributed by atoms with Crippen LogP contribution in [0.5, 0.6) is 5.75 Å². The number of alkyl halides is 3. The molecular formula is C27H21F4N3O5S. The van der Waals surface area contributed by atoms with E-state index in [2.05, 4.69) is 16.2 Å². The molecule has 0 fully saturated rings. The van der Waals surface area contributed by atoms with Gasteiger partial charge in [-0.25, -0.2) is 12.8 Å². The van der Waals surface area contributed by atoms with Crippen molar-refractivity contribution in [2.24, 2.45) is 0 Å². The van der Waals surface area contributed by atoms with Crippen molar-refractivity contribution in [2.45, 2.75) is 30.8 Å². The highest BCUT2D eigenvalue weighted by Crippen LogP contribution is 2.36. The molecule has 0 unspecified atom stereocenters. The lowest BCUT2D eigenvalue weighted by Crippen LogP contribution is -2.47. The number of hydrogen-bond donors (Lipinski definition) is 2. The van der Waals surface area contributed by atoms with Crippen LogP contribution in [0.25, 0.3) is 22.2 Å². The van der Waals surface area contributed by atoms with E-state index < -0.39 is 56.9 Å². The first-order valence-corrected chi connectivity index (χ1v) is 13.0. The topological polar surface area (TPSA) is 113 Å². The van der Waals surface area contributed by atoms with Crippen molar-refractivity contribution >= 4 is 26.9 Å². The molecule has 4 aromatic rings. The number of aromatic nitrogens is 1. The first-order valence-electron chi connectivity index (χ1n) is 11.6. The van der Waals surface area contributed by atoms with Crippen molar-refractivity contribution in [1.29, 1.82) is 0 Å². The van der Waals surface area contributed by atoms with Gasteiger partial charge in [-0.3, -0.25) is 9.78 Å². The summed E-state index contributed by atoms with van der Waals surface area (Å²) in [6.07, 6.45) is 2.08. The van der Waals surface area contributed by atoms with E-state index in [-0.39, 0.29) is 28.8 Å². The zero-order chi connectivity index (χ0) is 29.2. The normalized spacial score (nSPS) is 12.8. The van der Waals surface area contributed by atoms with Crippen molar-refractivity contribution in [1.82, 2.24) is 14.6 Å². The summed E-state index contributed by atoms with van der Waals surface area (Å²) in [7, 11) is -4.40. The molecule has 0 aliphatic rings. The minimum atomic E-state index is -4.63. The van der Waals surface area contributed by atoms with E-state index in [0.29, 0.717) is 11.6 Å². The molecule has 13 heteroatoms. The molecular weight excluding hydrogens is 554 g/mol. The van der Waals surface area contributed by atoms with Gasteiger partial charge in [0.1, 0.15) is 23.2 Å². The second kappa shape index (κ2) is 11.0. The van der Waals surface area contributed by atoms with Crippen LogP contribution in [0.3, 0.4) is 0 Å².